The number of benzene rings is 1. The maximum absolute atomic E-state index is 11.7. The minimum atomic E-state index is -0.253. The quantitative estimate of drug-likeness (QED) is 0.844. The Kier molecular flexibility index (Phi) is 5.85. The van der Waals surface area contributed by atoms with Crippen molar-refractivity contribution in [1.29, 1.82) is 0 Å². The van der Waals surface area contributed by atoms with E-state index in [2.05, 4.69) is 26.2 Å². The van der Waals surface area contributed by atoms with Crippen molar-refractivity contribution in [3.8, 4) is 5.75 Å². The summed E-state index contributed by atoms with van der Waals surface area (Å²) in [7, 11) is 0. The van der Waals surface area contributed by atoms with Crippen LogP contribution in [0.5, 0.6) is 5.75 Å². The summed E-state index contributed by atoms with van der Waals surface area (Å²) in [6.07, 6.45) is 3.36. The van der Waals surface area contributed by atoms with E-state index < -0.39 is 0 Å². The van der Waals surface area contributed by atoms with Gasteiger partial charge in [0.25, 0.3) is 5.91 Å². The molecule has 4 nitrogen and oxygen atoms in total. The van der Waals surface area contributed by atoms with Gasteiger partial charge in [-0.15, -0.1) is 0 Å². The second-order valence-corrected chi connectivity index (χ2v) is 5.82. The number of nitrogens with one attached hydrogen (secondary N) is 1. The van der Waals surface area contributed by atoms with E-state index in [0.717, 1.165) is 5.56 Å². The number of hydrogen-bond acceptors (Lipinski definition) is 3. The lowest BCUT2D eigenvalue weighted by atomic mass is 10.3. The molecule has 0 unspecified atom stereocenters. The van der Waals surface area contributed by atoms with E-state index in [4.69, 9.17) is 27.9 Å². The molecule has 0 atom stereocenters. The van der Waals surface area contributed by atoms with Gasteiger partial charge in [-0.3, -0.25) is 9.78 Å². The summed E-state index contributed by atoms with van der Waals surface area (Å²) in [5, 5.41) is 3.56. The summed E-state index contributed by atoms with van der Waals surface area (Å²) >= 11 is 15.1. The third kappa shape index (κ3) is 4.88. The highest BCUT2D eigenvalue weighted by Gasteiger charge is 2.11. The van der Waals surface area contributed by atoms with Crippen molar-refractivity contribution >= 4 is 45.0 Å². The number of pyridine rings is 1. The first-order valence-corrected chi connectivity index (χ1v) is 7.54. The van der Waals surface area contributed by atoms with Gasteiger partial charge in [0.1, 0.15) is 0 Å². The van der Waals surface area contributed by atoms with E-state index in [9.17, 15) is 4.79 Å². The molecule has 0 bridgehead atoms. The van der Waals surface area contributed by atoms with Gasteiger partial charge in [-0.1, -0.05) is 29.3 Å². The first kappa shape index (κ1) is 16.1. The van der Waals surface area contributed by atoms with Gasteiger partial charge in [-0.2, -0.15) is 0 Å². The van der Waals surface area contributed by atoms with E-state index in [-0.39, 0.29) is 12.5 Å². The number of ether oxygens (including phenoxy) is 1. The Balaban J connectivity index is 1.87. The fraction of sp³-hybridized carbons (Fsp3) is 0.143. The standard InChI is InChI=1S/C14H11BrCl2N2O2/c15-11-4-10(16)5-12(17)14(11)21-8-13(20)19-7-9-2-1-3-18-6-9/h1-6H,7-8H2,(H,19,20). The van der Waals surface area contributed by atoms with Crippen LogP contribution in [0.1, 0.15) is 5.56 Å². The third-order valence-corrected chi connectivity index (χ3v) is 3.61. The summed E-state index contributed by atoms with van der Waals surface area (Å²) in [5.41, 5.74) is 0.913. The van der Waals surface area contributed by atoms with Crippen molar-refractivity contribution in [2.24, 2.45) is 0 Å². The molecule has 1 amide bonds. The van der Waals surface area contributed by atoms with Crippen molar-refractivity contribution in [1.82, 2.24) is 10.3 Å². The molecular formula is C14H11BrCl2N2O2. The molecule has 0 radical (unpaired) electrons. The highest BCUT2D eigenvalue weighted by atomic mass is 79.9. The molecule has 0 saturated carbocycles. The van der Waals surface area contributed by atoms with Gasteiger partial charge >= 0.3 is 0 Å². The van der Waals surface area contributed by atoms with Crippen LogP contribution in [0.3, 0.4) is 0 Å². The average Bonchev–Trinajstić information content (AvgIpc) is 2.45. The first-order valence-electron chi connectivity index (χ1n) is 5.99. The van der Waals surface area contributed by atoms with Crippen molar-refractivity contribution in [3.05, 3.63) is 56.7 Å². The Morgan fingerprint density at radius 2 is 2.19 bits per heavy atom. The van der Waals surface area contributed by atoms with Crippen LogP contribution in [0.2, 0.25) is 10.0 Å². The normalized spacial score (nSPS) is 10.2. The molecular weight excluding hydrogens is 379 g/mol. The lowest BCUT2D eigenvalue weighted by Crippen LogP contribution is -2.28. The van der Waals surface area contributed by atoms with E-state index in [1.54, 1.807) is 24.5 Å². The number of nitrogens with zero attached hydrogens (tertiary/aromatic N) is 1. The van der Waals surface area contributed by atoms with Crippen molar-refractivity contribution in [2.45, 2.75) is 6.54 Å². The Morgan fingerprint density at radius 1 is 1.38 bits per heavy atom. The fourth-order valence-corrected chi connectivity index (χ4v) is 2.93. The molecule has 0 saturated heterocycles. The monoisotopic (exact) mass is 388 g/mol. The molecule has 1 heterocycles. The van der Waals surface area contributed by atoms with Crippen molar-refractivity contribution in [2.75, 3.05) is 6.61 Å². The second kappa shape index (κ2) is 7.64. The predicted molar refractivity (Wildman–Crippen MR) is 85.7 cm³/mol. The lowest BCUT2D eigenvalue weighted by Gasteiger charge is -2.10. The molecule has 1 N–H and O–H groups in total. The number of rotatable bonds is 5. The Hall–Kier alpha value is -1.30. The number of hydrogen-bond donors (Lipinski definition) is 1. The molecule has 0 aliphatic carbocycles. The van der Waals surface area contributed by atoms with Crippen LogP contribution < -0.4 is 10.1 Å². The van der Waals surface area contributed by atoms with Crippen LogP contribution in [-0.4, -0.2) is 17.5 Å². The molecule has 2 aromatic rings. The zero-order chi connectivity index (χ0) is 15.2. The van der Waals surface area contributed by atoms with Crippen LogP contribution in [-0.2, 0) is 11.3 Å². The molecule has 0 fully saturated rings. The van der Waals surface area contributed by atoms with Gasteiger partial charge in [-0.05, 0) is 39.7 Å². The maximum Gasteiger partial charge on any atom is 0.258 e. The van der Waals surface area contributed by atoms with E-state index in [0.29, 0.717) is 26.8 Å². The largest absolute Gasteiger partial charge is 0.481 e. The first-order chi connectivity index (χ1) is 10.1. The smallest absolute Gasteiger partial charge is 0.258 e. The van der Waals surface area contributed by atoms with Gasteiger partial charge in [0, 0.05) is 24.0 Å². The molecule has 0 aliphatic rings. The van der Waals surface area contributed by atoms with E-state index >= 15 is 0 Å². The molecule has 0 spiro atoms. The third-order valence-electron chi connectivity index (χ3n) is 2.52. The van der Waals surface area contributed by atoms with Crippen molar-refractivity contribution in [3.63, 3.8) is 0 Å². The highest BCUT2D eigenvalue weighted by molar-refractivity contribution is 9.10. The van der Waals surface area contributed by atoms with Gasteiger partial charge in [0.05, 0.1) is 9.50 Å². The van der Waals surface area contributed by atoms with E-state index in [1.807, 2.05) is 12.1 Å². The average molecular weight is 390 g/mol. The lowest BCUT2D eigenvalue weighted by molar-refractivity contribution is -0.123. The minimum Gasteiger partial charge on any atom is -0.481 e. The zero-order valence-corrected chi connectivity index (χ0v) is 13.9. The van der Waals surface area contributed by atoms with Gasteiger partial charge in [-0.25, -0.2) is 0 Å². The Labute approximate surface area is 140 Å². The van der Waals surface area contributed by atoms with Gasteiger partial charge in [0.15, 0.2) is 12.4 Å². The van der Waals surface area contributed by atoms with Crippen LogP contribution >= 0.6 is 39.1 Å². The van der Waals surface area contributed by atoms with Crippen LogP contribution in [0.25, 0.3) is 0 Å². The Bertz CT molecular complexity index is 615. The number of amides is 1. The summed E-state index contributed by atoms with van der Waals surface area (Å²) < 4.78 is 6.00. The van der Waals surface area contributed by atoms with E-state index in [1.165, 1.54) is 0 Å². The zero-order valence-electron chi connectivity index (χ0n) is 10.8. The Morgan fingerprint density at radius 3 is 2.86 bits per heavy atom. The summed E-state index contributed by atoms with van der Waals surface area (Å²) in [6.45, 7) is 0.256. The van der Waals surface area contributed by atoms with Crippen molar-refractivity contribution < 1.29 is 9.53 Å². The maximum atomic E-state index is 11.7. The molecule has 110 valence electrons. The second-order valence-electron chi connectivity index (χ2n) is 4.13. The summed E-state index contributed by atoms with van der Waals surface area (Å²) in [6, 6.07) is 6.89. The number of carbonyl (C=O) groups is 1. The van der Waals surface area contributed by atoms with Gasteiger partial charge < -0.3 is 10.1 Å². The van der Waals surface area contributed by atoms with Gasteiger partial charge in [0.2, 0.25) is 0 Å². The molecule has 1 aromatic carbocycles. The summed E-state index contributed by atoms with van der Waals surface area (Å²) in [4.78, 5) is 15.7. The highest BCUT2D eigenvalue weighted by Crippen LogP contribution is 2.35. The van der Waals surface area contributed by atoms with Crippen LogP contribution in [0.15, 0.2) is 41.1 Å². The van der Waals surface area contributed by atoms with Crippen LogP contribution in [0.4, 0.5) is 0 Å². The number of carbonyl (C=O) groups excluding carboxylic acids is 1. The summed E-state index contributed by atoms with van der Waals surface area (Å²) in [5.74, 6) is 0.134. The molecule has 7 heteroatoms. The topological polar surface area (TPSA) is 51.2 Å². The SMILES string of the molecule is O=C(COc1c(Cl)cc(Cl)cc1Br)NCc1cccnc1. The fourth-order valence-electron chi connectivity index (χ4n) is 1.56. The van der Waals surface area contributed by atoms with Crippen LogP contribution in [0, 0.1) is 0 Å². The number of aromatic nitrogens is 1. The minimum absolute atomic E-state index is 0.139. The molecule has 2 rings (SSSR count). The predicted octanol–water partition coefficient (Wildman–Crippen LogP) is 3.85. The molecule has 1 aromatic heterocycles. The number of halogens is 3. The molecule has 21 heavy (non-hydrogen) atoms. The molecule has 0 aliphatic heterocycles.